The van der Waals surface area contributed by atoms with Gasteiger partial charge in [0.05, 0.1) is 12.6 Å². The van der Waals surface area contributed by atoms with E-state index in [9.17, 15) is 10.2 Å². The maximum Gasteiger partial charge on any atom is 0.173 e. The second-order valence-corrected chi connectivity index (χ2v) is 4.32. The predicted molar refractivity (Wildman–Crippen MR) is 67.7 cm³/mol. The topological polar surface area (TPSA) is 157 Å². The zero-order valence-electron chi connectivity index (χ0n) is 10.6. The van der Waals surface area contributed by atoms with Crippen molar-refractivity contribution in [3.63, 3.8) is 0 Å². The van der Waals surface area contributed by atoms with Crippen molar-refractivity contribution in [2.75, 3.05) is 6.61 Å². The molecular weight excluding hydrogens is 270 g/mol. The Hall–Kier alpha value is -1.42. The zero-order chi connectivity index (χ0) is 15.3. The molecule has 1 heterocycles. The van der Waals surface area contributed by atoms with Gasteiger partial charge in [-0.2, -0.15) is 0 Å². The minimum atomic E-state index is -1.35. The van der Waals surface area contributed by atoms with Crippen LogP contribution in [0.4, 0.5) is 0 Å². The van der Waals surface area contributed by atoms with Crippen molar-refractivity contribution in [2.24, 2.45) is 5.73 Å². The normalized spacial score (nSPS) is 33.1. The lowest BCUT2D eigenvalue weighted by Crippen LogP contribution is -2.61. The van der Waals surface area contributed by atoms with Gasteiger partial charge < -0.3 is 41.1 Å². The Balaban J connectivity index is 0.000000217. The summed E-state index contributed by atoms with van der Waals surface area (Å²) in [6, 6.07) is 4.66. The Morgan fingerprint density at radius 2 is 1.40 bits per heavy atom. The maximum absolute atomic E-state index is 9.20. The number of ether oxygens (including phenoxy) is 1. The van der Waals surface area contributed by atoms with Crippen LogP contribution in [0.3, 0.4) is 0 Å². The minimum Gasteiger partial charge on any atom is -0.508 e. The minimum absolute atomic E-state index is 0.169. The van der Waals surface area contributed by atoms with Gasteiger partial charge in [-0.15, -0.1) is 0 Å². The third kappa shape index (κ3) is 4.30. The molecule has 0 radical (unpaired) electrons. The van der Waals surface area contributed by atoms with E-state index >= 15 is 0 Å². The number of hydrogen-bond donors (Lipinski definition) is 7. The predicted octanol–water partition coefficient (Wildman–Crippen LogP) is -2.16. The first-order valence-corrected chi connectivity index (χ1v) is 5.91. The number of aliphatic hydroxyl groups excluding tert-OH is 4. The van der Waals surface area contributed by atoms with Crippen molar-refractivity contribution in [1.82, 2.24) is 0 Å². The van der Waals surface area contributed by atoms with Crippen LogP contribution in [0, 0.1) is 0 Å². The molecule has 1 aliphatic rings. The summed E-state index contributed by atoms with van der Waals surface area (Å²) in [6.45, 7) is -0.470. The first-order valence-electron chi connectivity index (χ1n) is 5.91. The van der Waals surface area contributed by atoms with Crippen LogP contribution in [0.15, 0.2) is 24.3 Å². The van der Waals surface area contributed by atoms with E-state index in [1.807, 2.05) is 0 Å². The average molecular weight is 289 g/mol. The second kappa shape index (κ2) is 7.39. The van der Waals surface area contributed by atoms with Crippen LogP contribution < -0.4 is 5.73 Å². The highest BCUT2D eigenvalue weighted by molar-refractivity contribution is 5.28. The van der Waals surface area contributed by atoms with Gasteiger partial charge in [0.2, 0.25) is 0 Å². The number of rotatable bonds is 1. The summed E-state index contributed by atoms with van der Waals surface area (Å²) >= 11 is 0. The van der Waals surface area contributed by atoms with E-state index in [0.717, 1.165) is 0 Å². The van der Waals surface area contributed by atoms with Crippen LogP contribution in [0.5, 0.6) is 11.5 Å². The van der Waals surface area contributed by atoms with E-state index in [1.165, 1.54) is 24.3 Å². The standard InChI is InChI=1S/C6H13NO5.C6H6O2/c7-3-5(10)4(9)2(1-8)12-6(3)11;7-5-1-2-6(8)4-3-5/h2-6,8-11H,1,7H2;1-4,7-8H/t2-,3-,4-,5-,6-;/m1./s1. The highest BCUT2D eigenvalue weighted by Gasteiger charge is 2.41. The van der Waals surface area contributed by atoms with Crippen LogP contribution in [0.2, 0.25) is 0 Å². The van der Waals surface area contributed by atoms with Crippen LogP contribution in [-0.2, 0) is 4.74 Å². The van der Waals surface area contributed by atoms with Gasteiger partial charge in [0, 0.05) is 0 Å². The first kappa shape index (κ1) is 16.6. The average Bonchev–Trinajstić information content (AvgIpc) is 2.44. The molecule has 0 amide bonds. The molecule has 0 bridgehead atoms. The highest BCUT2D eigenvalue weighted by Crippen LogP contribution is 2.17. The van der Waals surface area contributed by atoms with Gasteiger partial charge in [0.15, 0.2) is 6.29 Å². The molecule has 1 aromatic rings. The molecule has 8 heteroatoms. The van der Waals surface area contributed by atoms with Gasteiger partial charge in [0.1, 0.15) is 29.8 Å². The number of benzene rings is 1. The number of phenols is 2. The SMILES string of the molecule is N[C@@H]1[C@@H](O)[C@H](O)[C@@H](CO)O[C@H]1O.Oc1ccc(O)cc1. The Kier molecular flexibility index (Phi) is 6.14. The van der Waals surface area contributed by atoms with Crippen molar-refractivity contribution >= 4 is 0 Å². The van der Waals surface area contributed by atoms with Gasteiger partial charge in [-0.1, -0.05) is 0 Å². The van der Waals surface area contributed by atoms with Crippen LogP contribution >= 0.6 is 0 Å². The Morgan fingerprint density at radius 3 is 1.80 bits per heavy atom. The van der Waals surface area contributed by atoms with Crippen molar-refractivity contribution in [2.45, 2.75) is 30.6 Å². The quantitative estimate of drug-likeness (QED) is 0.288. The number of hydrogen-bond acceptors (Lipinski definition) is 8. The molecule has 1 fully saturated rings. The fourth-order valence-electron chi connectivity index (χ4n) is 1.57. The lowest BCUT2D eigenvalue weighted by atomic mass is 9.98. The number of aromatic hydroxyl groups is 2. The van der Waals surface area contributed by atoms with Gasteiger partial charge in [-0.25, -0.2) is 0 Å². The number of aliphatic hydroxyl groups is 4. The third-order valence-electron chi connectivity index (χ3n) is 2.80. The maximum atomic E-state index is 9.20. The highest BCUT2D eigenvalue weighted by atomic mass is 16.6. The van der Waals surface area contributed by atoms with E-state index in [2.05, 4.69) is 0 Å². The van der Waals surface area contributed by atoms with E-state index < -0.39 is 37.3 Å². The van der Waals surface area contributed by atoms with E-state index in [-0.39, 0.29) is 11.5 Å². The van der Waals surface area contributed by atoms with E-state index in [0.29, 0.717) is 0 Å². The smallest absolute Gasteiger partial charge is 0.173 e. The monoisotopic (exact) mass is 289 g/mol. The molecule has 1 aromatic carbocycles. The summed E-state index contributed by atoms with van der Waals surface area (Å²) in [5, 5.41) is 53.4. The molecular formula is C12H19NO7. The molecule has 0 unspecified atom stereocenters. The molecule has 2 rings (SSSR count). The fourth-order valence-corrected chi connectivity index (χ4v) is 1.57. The van der Waals surface area contributed by atoms with Gasteiger partial charge in [-0.05, 0) is 24.3 Å². The summed E-state index contributed by atoms with van der Waals surface area (Å²) < 4.78 is 4.70. The Morgan fingerprint density at radius 1 is 0.950 bits per heavy atom. The summed E-state index contributed by atoms with van der Waals surface area (Å²) in [5.41, 5.74) is 5.26. The van der Waals surface area contributed by atoms with E-state index in [4.69, 9.17) is 30.9 Å². The molecule has 8 nitrogen and oxygen atoms in total. The summed E-state index contributed by atoms with van der Waals surface area (Å²) in [5.74, 6) is 0.339. The van der Waals surface area contributed by atoms with Crippen molar-refractivity contribution in [3.8, 4) is 11.5 Å². The number of nitrogens with two attached hydrogens (primary N) is 1. The summed E-state index contributed by atoms with van der Waals surface area (Å²) in [6.07, 6.45) is -4.85. The van der Waals surface area contributed by atoms with Crippen LogP contribution in [0.1, 0.15) is 0 Å². The molecule has 8 N–H and O–H groups in total. The Labute approximate surface area is 115 Å². The molecule has 1 aliphatic heterocycles. The van der Waals surface area contributed by atoms with Crippen LogP contribution in [-0.4, -0.2) is 67.9 Å². The molecule has 114 valence electrons. The number of phenolic OH excluding ortho intramolecular Hbond substituents is 2. The third-order valence-corrected chi connectivity index (χ3v) is 2.80. The van der Waals surface area contributed by atoms with Gasteiger partial charge >= 0.3 is 0 Å². The van der Waals surface area contributed by atoms with Gasteiger partial charge in [0.25, 0.3) is 0 Å². The lowest BCUT2D eigenvalue weighted by molar-refractivity contribution is -0.248. The van der Waals surface area contributed by atoms with Crippen molar-refractivity contribution < 1.29 is 35.4 Å². The largest absolute Gasteiger partial charge is 0.508 e. The first-order chi connectivity index (χ1) is 9.36. The molecule has 1 saturated heterocycles. The van der Waals surface area contributed by atoms with Crippen molar-refractivity contribution in [3.05, 3.63) is 24.3 Å². The van der Waals surface area contributed by atoms with Crippen LogP contribution in [0.25, 0.3) is 0 Å². The fraction of sp³-hybridized carbons (Fsp3) is 0.500. The summed E-state index contributed by atoms with van der Waals surface area (Å²) in [7, 11) is 0. The molecule has 0 aliphatic carbocycles. The molecule has 20 heavy (non-hydrogen) atoms. The lowest BCUT2D eigenvalue weighted by Gasteiger charge is -2.38. The molecule has 0 spiro atoms. The summed E-state index contributed by atoms with van der Waals surface area (Å²) in [4.78, 5) is 0. The van der Waals surface area contributed by atoms with E-state index in [1.54, 1.807) is 0 Å². The Bertz CT molecular complexity index is 374. The molecule has 5 atom stereocenters. The molecule has 0 aromatic heterocycles. The van der Waals surface area contributed by atoms with Gasteiger partial charge in [-0.3, -0.25) is 0 Å². The second-order valence-electron chi connectivity index (χ2n) is 4.32. The van der Waals surface area contributed by atoms with Crippen molar-refractivity contribution in [1.29, 1.82) is 0 Å². The zero-order valence-corrected chi connectivity index (χ0v) is 10.6. The molecule has 0 saturated carbocycles.